The minimum Gasteiger partial charge on any atom is -0.127 e. The van der Waals surface area contributed by atoms with Crippen LogP contribution in [0.4, 0.5) is 0 Å². The zero-order valence-corrected chi connectivity index (χ0v) is 11.0. The molecule has 0 saturated carbocycles. The summed E-state index contributed by atoms with van der Waals surface area (Å²) >= 11 is 17.2. The molecule has 3 radical (unpaired) electrons. The lowest BCUT2D eigenvalue weighted by atomic mass is 10.4. The summed E-state index contributed by atoms with van der Waals surface area (Å²) in [5.41, 5.74) is 0. The molecule has 0 aromatic rings. The zero-order chi connectivity index (χ0) is 9.23. The van der Waals surface area contributed by atoms with Crippen LogP contribution in [0.5, 0.6) is 0 Å². The number of alkyl halides is 2. The summed E-state index contributed by atoms with van der Waals surface area (Å²) in [6, 6.07) is 0. The quantitative estimate of drug-likeness (QED) is 0.264. The molecule has 0 bridgehead atoms. The minimum absolute atomic E-state index is 0. The van der Waals surface area contributed by atoms with E-state index >= 15 is 0 Å². The lowest BCUT2D eigenvalue weighted by molar-refractivity contribution is 0.879. The second-order valence-corrected chi connectivity index (χ2v) is 6.71. The molecule has 0 fully saturated rings. The summed E-state index contributed by atoms with van der Waals surface area (Å²) in [6.45, 7) is 0. The van der Waals surface area contributed by atoms with Gasteiger partial charge < -0.3 is 0 Å². The van der Waals surface area contributed by atoms with Crippen LogP contribution in [0.15, 0.2) is 0 Å². The first kappa shape index (κ1) is 16.8. The van der Waals surface area contributed by atoms with Crippen LogP contribution in [-0.4, -0.2) is 32.5 Å². The smallest absolute Gasteiger partial charge is 0.0223 e. The molecular formula is C8H16BCl3P. The third kappa shape index (κ3) is 13.4. The fraction of sp³-hybridized carbons (Fsp3) is 1.00. The van der Waals surface area contributed by atoms with Gasteiger partial charge in [0.05, 0.1) is 0 Å². The second kappa shape index (κ2) is 13.4. The highest BCUT2D eigenvalue weighted by Crippen LogP contribution is 2.42. The Kier molecular flexibility index (Phi) is 17.3. The molecule has 0 saturated heterocycles. The van der Waals surface area contributed by atoms with Crippen molar-refractivity contribution in [3.05, 3.63) is 0 Å². The van der Waals surface area contributed by atoms with Crippen molar-refractivity contribution in [2.24, 2.45) is 0 Å². The van der Waals surface area contributed by atoms with Gasteiger partial charge in [-0.05, 0) is 45.3 Å². The van der Waals surface area contributed by atoms with Crippen LogP contribution in [-0.2, 0) is 0 Å². The highest BCUT2D eigenvalue weighted by atomic mass is 35.7. The average molecular weight is 260 g/mol. The Hall–Kier alpha value is 1.36. The van der Waals surface area contributed by atoms with Gasteiger partial charge in [-0.1, -0.05) is 11.2 Å². The van der Waals surface area contributed by atoms with Gasteiger partial charge >= 0.3 is 0 Å². The van der Waals surface area contributed by atoms with E-state index in [1.807, 2.05) is 0 Å². The van der Waals surface area contributed by atoms with Gasteiger partial charge in [-0.15, -0.1) is 23.2 Å². The molecule has 0 aromatic carbocycles. The number of hydrogen-bond acceptors (Lipinski definition) is 0. The highest BCUT2D eigenvalue weighted by molar-refractivity contribution is 7.83. The van der Waals surface area contributed by atoms with Gasteiger partial charge in [-0.2, -0.15) is 0 Å². The molecule has 0 nitrogen and oxygen atoms in total. The molecule has 77 valence electrons. The normalized spacial score (nSPS) is 10.2. The van der Waals surface area contributed by atoms with Crippen LogP contribution in [0, 0.1) is 0 Å². The molecule has 0 unspecified atom stereocenters. The Morgan fingerprint density at radius 3 is 1.46 bits per heavy atom. The number of rotatable bonds is 8. The highest BCUT2D eigenvalue weighted by Gasteiger charge is 2.02. The van der Waals surface area contributed by atoms with Crippen LogP contribution in [0.2, 0.25) is 0 Å². The standard InChI is InChI=1S/C8H16Cl3P.B/c9-5-1-3-7-12(11)8-4-2-6-10;/h1-8H2;. The van der Waals surface area contributed by atoms with E-state index in [0.29, 0.717) is 0 Å². The first-order chi connectivity index (χ1) is 5.81. The molecule has 0 aromatic heterocycles. The summed E-state index contributed by atoms with van der Waals surface area (Å²) < 4.78 is 0. The Morgan fingerprint density at radius 2 is 1.15 bits per heavy atom. The largest absolute Gasteiger partial charge is 0.127 e. The molecular weight excluding hydrogens is 244 g/mol. The summed E-state index contributed by atoms with van der Waals surface area (Å²) in [4.78, 5) is 0. The van der Waals surface area contributed by atoms with E-state index in [-0.39, 0.29) is 15.7 Å². The summed E-state index contributed by atoms with van der Waals surface area (Å²) in [5.74, 6) is 1.53. The van der Waals surface area contributed by atoms with Gasteiger partial charge in [0.25, 0.3) is 0 Å². The zero-order valence-electron chi connectivity index (χ0n) is 7.82. The van der Waals surface area contributed by atoms with E-state index in [4.69, 9.17) is 34.4 Å². The van der Waals surface area contributed by atoms with Crippen molar-refractivity contribution in [1.29, 1.82) is 0 Å². The van der Waals surface area contributed by atoms with Gasteiger partial charge in [0.15, 0.2) is 0 Å². The first-order valence-electron chi connectivity index (χ1n) is 4.34. The second-order valence-electron chi connectivity index (χ2n) is 2.70. The predicted octanol–water partition coefficient (Wildman–Crippen LogP) is 4.28. The lowest BCUT2D eigenvalue weighted by Crippen LogP contribution is -1.88. The van der Waals surface area contributed by atoms with Crippen LogP contribution in [0.1, 0.15) is 25.7 Å². The van der Waals surface area contributed by atoms with E-state index in [1.165, 1.54) is 12.8 Å². The topological polar surface area (TPSA) is 0 Å². The monoisotopic (exact) mass is 259 g/mol. The molecule has 13 heavy (non-hydrogen) atoms. The summed E-state index contributed by atoms with van der Waals surface area (Å²) in [6.07, 6.45) is 6.88. The van der Waals surface area contributed by atoms with E-state index in [1.54, 1.807) is 0 Å². The van der Waals surface area contributed by atoms with E-state index in [9.17, 15) is 0 Å². The molecule has 0 aliphatic carbocycles. The summed E-state index contributed by atoms with van der Waals surface area (Å²) in [7, 11) is -0.249. The third-order valence-electron chi connectivity index (χ3n) is 1.57. The molecule has 5 heteroatoms. The SMILES string of the molecule is ClCCCCP(Cl)CCCCCl.[B]. The van der Waals surface area contributed by atoms with Crippen molar-refractivity contribution in [3.63, 3.8) is 0 Å². The maximum atomic E-state index is 6.13. The summed E-state index contributed by atoms with van der Waals surface area (Å²) in [5, 5.41) is 0. The van der Waals surface area contributed by atoms with Crippen LogP contribution in [0.25, 0.3) is 0 Å². The van der Waals surface area contributed by atoms with E-state index < -0.39 is 0 Å². The van der Waals surface area contributed by atoms with Crippen molar-refractivity contribution in [2.45, 2.75) is 25.7 Å². The van der Waals surface area contributed by atoms with Gasteiger partial charge in [-0.25, -0.2) is 0 Å². The number of halogens is 3. The number of hydrogen-bond donors (Lipinski definition) is 0. The fourth-order valence-electron chi connectivity index (χ4n) is 0.868. The van der Waals surface area contributed by atoms with Crippen molar-refractivity contribution < 1.29 is 0 Å². The Bertz CT molecular complexity index is 85.5. The van der Waals surface area contributed by atoms with E-state index in [2.05, 4.69) is 0 Å². The van der Waals surface area contributed by atoms with Crippen LogP contribution < -0.4 is 0 Å². The predicted molar refractivity (Wildman–Crippen MR) is 68.2 cm³/mol. The maximum Gasteiger partial charge on any atom is 0.0223 e. The molecule has 0 atom stereocenters. The molecule has 0 rings (SSSR count). The molecule has 0 heterocycles. The number of unbranched alkanes of at least 4 members (excludes halogenated alkanes) is 2. The maximum absolute atomic E-state index is 6.13. The van der Waals surface area contributed by atoms with Crippen molar-refractivity contribution in [2.75, 3.05) is 24.1 Å². The average Bonchev–Trinajstić information content (AvgIpc) is 2.06. The Morgan fingerprint density at radius 1 is 0.769 bits per heavy atom. The van der Waals surface area contributed by atoms with Gasteiger partial charge in [-0.3, -0.25) is 0 Å². The third-order valence-corrected chi connectivity index (χ3v) is 4.72. The minimum atomic E-state index is -0.249. The van der Waals surface area contributed by atoms with Crippen molar-refractivity contribution in [1.82, 2.24) is 0 Å². The van der Waals surface area contributed by atoms with E-state index in [0.717, 1.165) is 36.9 Å². The Balaban J connectivity index is 0. The Labute approximate surface area is 99.8 Å². The fourth-order valence-corrected chi connectivity index (χ4v) is 3.32. The van der Waals surface area contributed by atoms with Gasteiger partial charge in [0, 0.05) is 20.2 Å². The molecule has 0 amide bonds. The van der Waals surface area contributed by atoms with Crippen LogP contribution in [0.3, 0.4) is 0 Å². The van der Waals surface area contributed by atoms with Crippen molar-refractivity contribution in [3.8, 4) is 0 Å². The lowest BCUT2D eigenvalue weighted by Gasteiger charge is -2.07. The van der Waals surface area contributed by atoms with Crippen LogP contribution >= 0.6 is 41.7 Å². The molecule has 0 N–H and O–H groups in total. The van der Waals surface area contributed by atoms with Gasteiger partial charge in [0.2, 0.25) is 0 Å². The van der Waals surface area contributed by atoms with Gasteiger partial charge in [0.1, 0.15) is 0 Å². The first-order valence-corrected chi connectivity index (χ1v) is 8.02. The molecule has 0 aliphatic rings. The molecule has 0 spiro atoms. The molecule has 0 aliphatic heterocycles. The van der Waals surface area contributed by atoms with Crippen molar-refractivity contribution >= 4 is 50.1 Å².